The number of hydrogen-bond acceptors (Lipinski definition) is 3. The van der Waals surface area contributed by atoms with Crippen molar-refractivity contribution in [2.24, 2.45) is 0 Å². The van der Waals surface area contributed by atoms with E-state index in [1.54, 1.807) is 6.20 Å². The first-order valence-electron chi connectivity index (χ1n) is 12.6. The summed E-state index contributed by atoms with van der Waals surface area (Å²) in [6, 6.07) is 44.4. The molecule has 0 aliphatic rings. The molecule has 0 fully saturated rings. The highest BCUT2D eigenvalue weighted by atomic mass is 31.2. The second-order valence-corrected chi connectivity index (χ2v) is 12.1. The van der Waals surface area contributed by atoms with Gasteiger partial charge >= 0.3 is 0 Å². The Morgan fingerprint density at radius 1 is 0.500 bits per heavy atom. The van der Waals surface area contributed by atoms with E-state index < -0.39 is 7.14 Å². The molecule has 1 atom stereocenters. The zero-order valence-electron chi connectivity index (χ0n) is 20.5. The van der Waals surface area contributed by atoms with E-state index in [9.17, 15) is 0 Å². The largest absolute Gasteiger partial charge is 0.309 e. The van der Waals surface area contributed by atoms with E-state index in [1.165, 1.54) is 0 Å². The van der Waals surface area contributed by atoms with Crippen LogP contribution in [0.5, 0.6) is 0 Å². The Kier molecular flexibility index (Phi) is 5.39. The number of pyridine rings is 2. The van der Waals surface area contributed by atoms with Crippen LogP contribution in [-0.2, 0) is 4.57 Å². The topological polar surface area (TPSA) is 42.9 Å². The predicted octanol–water partition coefficient (Wildman–Crippen LogP) is 7.24. The molecule has 0 saturated heterocycles. The molecule has 1 unspecified atom stereocenters. The van der Waals surface area contributed by atoms with E-state index in [-0.39, 0.29) is 0 Å². The summed E-state index contributed by atoms with van der Waals surface area (Å²) in [7, 11) is -3.14. The maximum absolute atomic E-state index is 15.2. The van der Waals surface area contributed by atoms with Gasteiger partial charge in [-0.15, -0.1) is 0 Å². The van der Waals surface area contributed by atoms with Crippen molar-refractivity contribution < 1.29 is 4.57 Å². The average molecular weight is 507 g/mol. The lowest BCUT2D eigenvalue weighted by Gasteiger charge is -2.22. The molecule has 5 aromatic carbocycles. The third-order valence-corrected chi connectivity index (χ3v) is 10.3. The van der Waals surface area contributed by atoms with Crippen LogP contribution < -0.4 is 15.9 Å². The van der Waals surface area contributed by atoms with E-state index in [1.807, 2.05) is 91.0 Å². The van der Waals surface area contributed by atoms with Gasteiger partial charge in [0.25, 0.3) is 0 Å². The lowest BCUT2D eigenvalue weighted by Crippen LogP contribution is -2.25. The summed E-state index contributed by atoms with van der Waals surface area (Å²) in [5, 5.41) is 6.71. The normalized spacial score (nSPS) is 13.1. The number of rotatable bonds is 4. The van der Waals surface area contributed by atoms with Crippen molar-refractivity contribution in [3.05, 3.63) is 140 Å². The molecule has 0 spiro atoms. The molecule has 7 aromatic rings. The molecular weight excluding hydrogens is 483 g/mol. The van der Waals surface area contributed by atoms with E-state index in [0.717, 1.165) is 59.7 Å². The second kappa shape index (κ2) is 9.06. The summed E-state index contributed by atoms with van der Waals surface area (Å²) < 4.78 is 15.2. The molecule has 0 saturated carbocycles. The fourth-order valence-electron chi connectivity index (χ4n) is 5.27. The van der Waals surface area contributed by atoms with Gasteiger partial charge in [-0.3, -0.25) is 4.98 Å². The van der Waals surface area contributed by atoms with Crippen LogP contribution in [0.4, 0.5) is 0 Å². The lowest BCUT2D eigenvalue weighted by atomic mass is 10.1. The van der Waals surface area contributed by atoms with Gasteiger partial charge in [0.05, 0.1) is 16.7 Å². The quantitative estimate of drug-likeness (QED) is 0.187. The molecular formula is C34H23N2OP. The molecule has 180 valence electrons. The van der Waals surface area contributed by atoms with Gasteiger partial charge in [-0.05, 0) is 22.9 Å². The van der Waals surface area contributed by atoms with Gasteiger partial charge in [0.15, 0.2) is 7.14 Å². The molecule has 4 heteroatoms. The number of aromatic nitrogens is 2. The highest BCUT2D eigenvalue weighted by Crippen LogP contribution is 2.44. The first-order valence-corrected chi connectivity index (χ1v) is 14.3. The van der Waals surface area contributed by atoms with Crippen LogP contribution in [0.15, 0.2) is 140 Å². The molecule has 0 aliphatic heterocycles. The van der Waals surface area contributed by atoms with Gasteiger partial charge in [-0.1, -0.05) is 121 Å². The smallest absolute Gasteiger partial charge is 0.171 e. The number of nitrogens with zero attached hydrogens (tertiary/aromatic N) is 2. The van der Waals surface area contributed by atoms with Crippen LogP contribution in [0, 0.1) is 0 Å². The van der Waals surface area contributed by atoms with Gasteiger partial charge in [0.2, 0.25) is 0 Å². The van der Waals surface area contributed by atoms with Gasteiger partial charge < -0.3 is 4.57 Å². The minimum atomic E-state index is -3.14. The van der Waals surface area contributed by atoms with Crippen LogP contribution in [0.1, 0.15) is 0 Å². The van der Waals surface area contributed by atoms with Crippen molar-refractivity contribution >= 4 is 55.6 Å². The summed E-state index contributed by atoms with van der Waals surface area (Å²) >= 11 is 0. The standard InChI is InChI=1S/C34H23N2OP/c37-38(28-11-2-1-3-12-28,32-14-6-9-24-8-4-5-13-30(24)32)29-20-17-25(18-21-29)31-22-19-27-16-15-26-10-7-23-35-33(26)34(27)36-31/h1-23H. The lowest BCUT2D eigenvalue weighted by molar-refractivity contribution is 0.592. The van der Waals surface area contributed by atoms with Crippen LogP contribution in [0.3, 0.4) is 0 Å². The predicted molar refractivity (Wildman–Crippen MR) is 159 cm³/mol. The maximum atomic E-state index is 15.2. The van der Waals surface area contributed by atoms with Gasteiger partial charge in [0.1, 0.15) is 0 Å². The molecule has 2 aromatic heterocycles. The van der Waals surface area contributed by atoms with E-state index in [2.05, 4.69) is 47.4 Å². The van der Waals surface area contributed by atoms with Crippen LogP contribution >= 0.6 is 7.14 Å². The van der Waals surface area contributed by atoms with E-state index in [4.69, 9.17) is 4.98 Å². The molecule has 0 bridgehead atoms. The monoisotopic (exact) mass is 506 g/mol. The van der Waals surface area contributed by atoms with Crippen molar-refractivity contribution in [3.63, 3.8) is 0 Å². The molecule has 0 amide bonds. The van der Waals surface area contributed by atoms with Crippen LogP contribution in [0.2, 0.25) is 0 Å². The minimum Gasteiger partial charge on any atom is -0.309 e. The Morgan fingerprint density at radius 2 is 1.16 bits per heavy atom. The average Bonchev–Trinajstić information content (AvgIpc) is 3.00. The van der Waals surface area contributed by atoms with Crippen molar-refractivity contribution in [3.8, 4) is 11.3 Å². The number of benzene rings is 5. The molecule has 2 heterocycles. The van der Waals surface area contributed by atoms with Crippen molar-refractivity contribution in [2.45, 2.75) is 0 Å². The second-order valence-electron chi connectivity index (χ2n) is 9.40. The Morgan fingerprint density at radius 3 is 2.00 bits per heavy atom. The fraction of sp³-hybridized carbons (Fsp3) is 0. The first-order chi connectivity index (χ1) is 18.7. The zero-order chi connectivity index (χ0) is 25.5. The molecule has 7 rings (SSSR count). The van der Waals surface area contributed by atoms with Gasteiger partial charge in [0, 0.05) is 38.4 Å². The van der Waals surface area contributed by atoms with Crippen molar-refractivity contribution in [1.82, 2.24) is 9.97 Å². The summed E-state index contributed by atoms with van der Waals surface area (Å²) in [6.07, 6.45) is 1.80. The number of hydrogen-bond donors (Lipinski definition) is 0. The Balaban J connectivity index is 1.38. The fourth-order valence-corrected chi connectivity index (χ4v) is 8.13. The highest BCUT2D eigenvalue weighted by Gasteiger charge is 2.31. The van der Waals surface area contributed by atoms with Gasteiger partial charge in [-0.2, -0.15) is 0 Å². The molecule has 0 aliphatic carbocycles. The minimum absolute atomic E-state index is 0.803. The Labute approximate surface area is 220 Å². The first kappa shape index (κ1) is 22.6. The molecule has 3 nitrogen and oxygen atoms in total. The molecule has 38 heavy (non-hydrogen) atoms. The summed E-state index contributed by atoms with van der Waals surface area (Å²) in [5.74, 6) is 0. The summed E-state index contributed by atoms with van der Waals surface area (Å²) in [4.78, 5) is 9.57. The third-order valence-electron chi connectivity index (χ3n) is 7.18. The maximum Gasteiger partial charge on any atom is 0.171 e. The van der Waals surface area contributed by atoms with E-state index in [0.29, 0.717) is 0 Å². The molecule has 0 radical (unpaired) electrons. The SMILES string of the molecule is O=P(c1ccccc1)(c1ccc(-c2ccc3ccc4cccnc4c3n2)cc1)c1cccc2ccccc12. The Hall–Kier alpha value is -4.59. The van der Waals surface area contributed by atoms with Crippen LogP contribution in [0.25, 0.3) is 43.8 Å². The highest BCUT2D eigenvalue weighted by molar-refractivity contribution is 7.85. The van der Waals surface area contributed by atoms with Crippen molar-refractivity contribution in [1.29, 1.82) is 0 Å². The zero-order valence-corrected chi connectivity index (χ0v) is 21.4. The summed E-state index contributed by atoms with van der Waals surface area (Å²) in [6.45, 7) is 0. The summed E-state index contributed by atoms with van der Waals surface area (Å²) in [5.41, 5.74) is 3.62. The third kappa shape index (κ3) is 3.63. The van der Waals surface area contributed by atoms with Crippen molar-refractivity contribution in [2.75, 3.05) is 0 Å². The number of fused-ring (bicyclic) bond motifs is 4. The van der Waals surface area contributed by atoms with Crippen LogP contribution in [-0.4, -0.2) is 9.97 Å². The van der Waals surface area contributed by atoms with Gasteiger partial charge in [-0.25, -0.2) is 4.98 Å². The Bertz CT molecular complexity index is 1990. The van der Waals surface area contributed by atoms with E-state index >= 15 is 4.57 Å². The molecule has 0 N–H and O–H groups in total.